The lowest BCUT2D eigenvalue weighted by atomic mass is 10.2. The molecule has 2 N–H and O–H groups in total. The van der Waals surface area contributed by atoms with E-state index in [4.69, 9.17) is 10.7 Å². The average Bonchev–Trinajstić information content (AvgIpc) is 3.22. The lowest BCUT2D eigenvalue weighted by Gasteiger charge is -2.21. The molecule has 1 saturated carbocycles. The molecule has 0 unspecified atom stereocenters. The van der Waals surface area contributed by atoms with E-state index >= 15 is 0 Å². The largest absolute Gasteiger partial charge is 0.383 e. The number of aromatic nitrogens is 2. The van der Waals surface area contributed by atoms with Crippen molar-refractivity contribution in [3.05, 3.63) is 28.9 Å². The Hall–Kier alpha value is -1.46. The van der Waals surface area contributed by atoms with Crippen molar-refractivity contribution in [2.45, 2.75) is 31.7 Å². The lowest BCUT2D eigenvalue weighted by molar-refractivity contribution is 0.293. The molecule has 0 amide bonds. The van der Waals surface area contributed by atoms with Gasteiger partial charge in [-0.25, -0.2) is 9.97 Å². The molecule has 5 heteroatoms. The summed E-state index contributed by atoms with van der Waals surface area (Å²) < 4.78 is 0. The Morgan fingerprint density at radius 2 is 2.20 bits per heavy atom. The maximum atomic E-state index is 6.10. The van der Waals surface area contributed by atoms with Crippen molar-refractivity contribution in [3.8, 4) is 0 Å². The van der Waals surface area contributed by atoms with E-state index in [-0.39, 0.29) is 0 Å². The van der Waals surface area contributed by atoms with Gasteiger partial charge in [-0.2, -0.15) is 0 Å². The molecule has 0 atom stereocenters. The fraction of sp³-hybridized carbons (Fsp3) is 0.467. The number of nitrogen functional groups attached to an aromatic ring is 1. The van der Waals surface area contributed by atoms with Gasteiger partial charge in [0, 0.05) is 30.4 Å². The van der Waals surface area contributed by atoms with Crippen LogP contribution in [0.2, 0.25) is 0 Å². The lowest BCUT2D eigenvalue weighted by Crippen LogP contribution is -2.26. The van der Waals surface area contributed by atoms with Gasteiger partial charge in [-0.1, -0.05) is 12.2 Å². The van der Waals surface area contributed by atoms with Crippen LogP contribution in [-0.4, -0.2) is 28.0 Å². The molecule has 0 spiro atoms. The predicted molar refractivity (Wildman–Crippen MR) is 82.8 cm³/mol. The Morgan fingerprint density at radius 1 is 1.30 bits per heavy atom. The van der Waals surface area contributed by atoms with Gasteiger partial charge < -0.3 is 5.73 Å². The predicted octanol–water partition coefficient (Wildman–Crippen LogP) is 2.91. The molecule has 0 radical (unpaired) electrons. The van der Waals surface area contributed by atoms with Crippen LogP contribution in [0.1, 0.15) is 35.9 Å². The highest BCUT2D eigenvalue weighted by atomic mass is 32.1. The highest BCUT2D eigenvalue weighted by molar-refractivity contribution is 7.18. The molecule has 1 aliphatic heterocycles. The van der Waals surface area contributed by atoms with Gasteiger partial charge in [0.2, 0.25) is 0 Å². The summed E-state index contributed by atoms with van der Waals surface area (Å²) in [6, 6.07) is 2.17. The summed E-state index contributed by atoms with van der Waals surface area (Å²) in [5.41, 5.74) is 6.10. The van der Waals surface area contributed by atoms with E-state index in [0.29, 0.717) is 11.7 Å². The molecule has 104 valence electrons. The Labute approximate surface area is 122 Å². The molecule has 0 bridgehead atoms. The number of nitrogens with two attached hydrogens (primary N) is 1. The van der Waals surface area contributed by atoms with E-state index in [1.54, 1.807) is 11.3 Å². The molecule has 2 aromatic rings. The zero-order valence-electron chi connectivity index (χ0n) is 11.4. The minimum atomic E-state index is 0.555. The summed E-state index contributed by atoms with van der Waals surface area (Å²) in [5, 5.41) is 1.03. The van der Waals surface area contributed by atoms with Crippen molar-refractivity contribution in [3.63, 3.8) is 0 Å². The number of fused-ring (bicyclic) bond motifs is 1. The molecule has 2 aliphatic rings. The van der Waals surface area contributed by atoms with Gasteiger partial charge in [-0.3, -0.25) is 4.90 Å². The smallest absolute Gasteiger partial charge is 0.135 e. The second-order valence-electron chi connectivity index (χ2n) is 5.67. The third kappa shape index (κ3) is 2.31. The summed E-state index contributed by atoms with van der Waals surface area (Å²) in [4.78, 5) is 14.0. The third-order valence-electron chi connectivity index (χ3n) is 3.95. The molecular weight excluding hydrogens is 268 g/mol. The van der Waals surface area contributed by atoms with Gasteiger partial charge >= 0.3 is 0 Å². The zero-order chi connectivity index (χ0) is 13.5. The summed E-state index contributed by atoms with van der Waals surface area (Å²) in [6.07, 6.45) is 8.08. The third-order valence-corrected chi connectivity index (χ3v) is 4.97. The molecule has 2 aromatic heterocycles. The normalized spacial score (nSPS) is 19.8. The van der Waals surface area contributed by atoms with E-state index in [1.165, 1.54) is 17.7 Å². The van der Waals surface area contributed by atoms with Gasteiger partial charge in [0.15, 0.2) is 0 Å². The summed E-state index contributed by atoms with van der Waals surface area (Å²) >= 11 is 1.77. The first-order valence-corrected chi connectivity index (χ1v) is 8.04. The van der Waals surface area contributed by atoms with Crippen LogP contribution in [-0.2, 0) is 6.54 Å². The number of anilines is 1. The fourth-order valence-corrected chi connectivity index (χ4v) is 3.75. The van der Waals surface area contributed by atoms with Crippen LogP contribution in [0.5, 0.6) is 0 Å². The SMILES string of the molecule is Nc1nc(C2CC2)nc2sc(CN3CC=CCC3)cc12. The molecule has 4 rings (SSSR count). The Bertz CT molecular complexity index is 672. The Morgan fingerprint density at radius 3 is 2.95 bits per heavy atom. The van der Waals surface area contributed by atoms with Gasteiger partial charge in [0.1, 0.15) is 16.5 Å². The number of hydrogen-bond acceptors (Lipinski definition) is 5. The van der Waals surface area contributed by atoms with Crippen molar-refractivity contribution < 1.29 is 0 Å². The quantitative estimate of drug-likeness (QED) is 0.881. The Kier molecular flexibility index (Phi) is 2.97. The first kappa shape index (κ1) is 12.3. The van der Waals surface area contributed by atoms with Crippen molar-refractivity contribution in [1.29, 1.82) is 0 Å². The van der Waals surface area contributed by atoms with Gasteiger partial charge in [-0.15, -0.1) is 11.3 Å². The molecule has 1 aliphatic carbocycles. The maximum absolute atomic E-state index is 6.10. The maximum Gasteiger partial charge on any atom is 0.135 e. The number of hydrogen-bond donors (Lipinski definition) is 1. The molecule has 3 heterocycles. The number of nitrogens with zero attached hydrogens (tertiary/aromatic N) is 3. The zero-order valence-corrected chi connectivity index (χ0v) is 12.2. The molecular formula is C15H18N4S. The summed E-state index contributed by atoms with van der Waals surface area (Å²) in [6.45, 7) is 3.17. The van der Waals surface area contributed by atoms with Crippen LogP contribution in [0.25, 0.3) is 10.2 Å². The van der Waals surface area contributed by atoms with Crippen molar-refractivity contribution in [2.75, 3.05) is 18.8 Å². The van der Waals surface area contributed by atoms with E-state index in [2.05, 4.69) is 28.1 Å². The van der Waals surface area contributed by atoms with Crippen LogP contribution < -0.4 is 5.73 Å². The minimum absolute atomic E-state index is 0.555. The molecule has 0 aromatic carbocycles. The number of rotatable bonds is 3. The summed E-state index contributed by atoms with van der Waals surface area (Å²) in [5.74, 6) is 2.15. The van der Waals surface area contributed by atoms with E-state index < -0.39 is 0 Å². The van der Waals surface area contributed by atoms with E-state index in [0.717, 1.165) is 42.1 Å². The van der Waals surface area contributed by atoms with Gasteiger partial charge in [0.05, 0.1) is 5.39 Å². The molecule has 4 nitrogen and oxygen atoms in total. The van der Waals surface area contributed by atoms with Crippen LogP contribution >= 0.6 is 11.3 Å². The van der Waals surface area contributed by atoms with Crippen molar-refractivity contribution in [1.82, 2.24) is 14.9 Å². The highest BCUT2D eigenvalue weighted by Gasteiger charge is 2.27. The monoisotopic (exact) mass is 286 g/mol. The topological polar surface area (TPSA) is 55.0 Å². The fourth-order valence-electron chi connectivity index (χ4n) is 2.67. The van der Waals surface area contributed by atoms with Crippen LogP contribution in [0, 0.1) is 0 Å². The van der Waals surface area contributed by atoms with Gasteiger partial charge in [-0.05, 0) is 25.3 Å². The van der Waals surface area contributed by atoms with E-state index in [1.807, 2.05) is 0 Å². The Balaban J connectivity index is 1.64. The average molecular weight is 286 g/mol. The molecule has 1 fully saturated rings. The standard InChI is InChI=1S/C15H18N4S/c16-13-12-8-11(9-19-6-2-1-3-7-19)20-15(12)18-14(17-13)10-4-5-10/h1-2,8,10H,3-7,9H2,(H2,16,17,18). The van der Waals surface area contributed by atoms with Gasteiger partial charge in [0.25, 0.3) is 0 Å². The molecule has 20 heavy (non-hydrogen) atoms. The summed E-state index contributed by atoms with van der Waals surface area (Å²) in [7, 11) is 0. The number of thiophene rings is 1. The van der Waals surface area contributed by atoms with E-state index in [9.17, 15) is 0 Å². The first-order chi connectivity index (χ1) is 9.79. The van der Waals surface area contributed by atoms with Crippen LogP contribution in [0.4, 0.5) is 5.82 Å². The van der Waals surface area contributed by atoms with Crippen LogP contribution in [0.3, 0.4) is 0 Å². The molecule has 0 saturated heterocycles. The minimum Gasteiger partial charge on any atom is -0.383 e. The first-order valence-electron chi connectivity index (χ1n) is 7.23. The highest BCUT2D eigenvalue weighted by Crippen LogP contribution is 2.40. The van der Waals surface area contributed by atoms with Crippen LogP contribution in [0.15, 0.2) is 18.2 Å². The second kappa shape index (κ2) is 4.82. The van der Waals surface area contributed by atoms with Crippen molar-refractivity contribution in [2.24, 2.45) is 0 Å². The van der Waals surface area contributed by atoms with Crippen molar-refractivity contribution >= 4 is 27.4 Å². The second-order valence-corrected chi connectivity index (χ2v) is 6.78.